The highest BCUT2D eigenvalue weighted by Crippen LogP contribution is 2.03. The Morgan fingerprint density at radius 2 is 2.19 bits per heavy atom. The molecule has 0 fully saturated rings. The third-order valence-electron chi connectivity index (χ3n) is 2.59. The lowest BCUT2D eigenvalue weighted by Crippen LogP contribution is -2.32. The summed E-state index contributed by atoms with van der Waals surface area (Å²) >= 11 is 0. The van der Waals surface area contributed by atoms with Gasteiger partial charge in [0, 0.05) is 12.2 Å². The number of hydrogen-bond donors (Lipinski definition) is 1. The number of carbonyl (C=O) groups is 1. The Kier molecular flexibility index (Phi) is 4.96. The number of amides is 1. The molecule has 1 unspecified atom stereocenters. The molecule has 1 heterocycles. The first-order valence-electron chi connectivity index (χ1n) is 5.93. The van der Waals surface area contributed by atoms with Gasteiger partial charge in [-0.25, -0.2) is 0 Å². The van der Waals surface area contributed by atoms with Gasteiger partial charge in [-0.1, -0.05) is 26.3 Å². The van der Waals surface area contributed by atoms with Crippen LogP contribution in [0.2, 0.25) is 0 Å². The first-order valence-corrected chi connectivity index (χ1v) is 5.93. The first kappa shape index (κ1) is 12.7. The molecule has 3 nitrogen and oxygen atoms in total. The summed E-state index contributed by atoms with van der Waals surface area (Å²) < 4.78 is 0. The van der Waals surface area contributed by atoms with Crippen LogP contribution in [0.25, 0.3) is 0 Å². The van der Waals surface area contributed by atoms with Gasteiger partial charge >= 0.3 is 0 Å². The number of nitrogens with one attached hydrogen (secondary N) is 1. The van der Waals surface area contributed by atoms with E-state index >= 15 is 0 Å². The van der Waals surface area contributed by atoms with Gasteiger partial charge in [0.15, 0.2) is 0 Å². The van der Waals surface area contributed by atoms with Gasteiger partial charge in [-0.15, -0.1) is 0 Å². The zero-order chi connectivity index (χ0) is 12.0. The van der Waals surface area contributed by atoms with Crippen LogP contribution in [0.15, 0.2) is 18.3 Å². The highest BCUT2D eigenvalue weighted by Gasteiger charge is 2.09. The third-order valence-corrected chi connectivity index (χ3v) is 2.59. The van der Waals surface area contributed by atoms with Crippen molar-refractivity contribution >= 4 is 5.91 Å². The Balaban J connectivity index is 2.63. The van der Waals surface area contributed by atoms with Crippen LogP contribution >= 0.6 is 0 Å². The molecule has 1 amide bonds. The summed E-state index contributed by atoms with van der Waals surface area (Å²) in [6.45, 7) is 6.16. The number of aryl methyl sites for hydroxylation is 1. The molecule has 0 bridgehead atoms. The SMILES string of the molecule is CCCc1ccc(C(=O)NC(C)CC)nc1. The van der Waals surface area contributed by atoms with E-state index in [1.807, 2.05) is 19.9 Å². The molecule has 0 aromatic carbocycles. The minimum Gasteiger partial charge on any atom is -0.348 e. The van der Waals surface area contributed by atoms with Gasteiger partial charge in [0.25, 0.3) is 5.91 Å². The molecule has 0 aliphatic rings. The minimum absolute atomic E-state index is 0.0857. The lowest BCUT2D eigenvalue weighted by molar-refractivity contribution is 0.0934. The van der Waals surface area contributed by atoms with Crippen molar-refractivity contribution in [2.45, 2.75) is 46.1 Å². The summed E-state index contributed by atoms with van der Waals surface area (Å²) in [5, 5.41) is 2.90. The topological polar surface area (TPSA) is 42.0 Å². The predicted molar refractivity (Wildman–Crippen MR) is 65.5 cm³/mol. The molecule has 0 saturated heterocycles. The fourth-order valence-corrected chi connectivity index (χ4v) is 1.40. The Hall–Kier alpha value is -1.38. The summed E-state index contributed by atoms with van der Waals surface area (Å²) in [6, 6.07) is 3.97. The molecule has 88 valence electrons. The van der Waals surface area contributed by atoms with Gasteiger partial charge in [0.2, 0.25) is 0 Å². The average Bonchev–Trinajstić information content (AvgIpc) is 2.30. The zero-order valence-electron chi connectivity index (χ0n) is 10.3. The van der Waals surface area contributed by atoms with Gasteiger partial charge in [0.1, 0.15) is 5.69 Å². The van der Waals surface area contributed by atoms with E-state index in [9.17, 15) is 4.79 Å². The highest BCUT2D eigenvalue weighted by molar-refractivity contribution is 5.92. The highest BCUT2D eigenvalue weighted by atomic mass is 16.1. The maximum Gasteiger partial charge on any atom is 0.270 e. The second kappa shape index (κ2) is 6.26. The van der Waals surface area contributed by atoms with Crippen molar-refractivity contribution in [2.24, 2.45) is 0 Å². The summed E-state index contributed by atoms with van der Waals surface area (Å²) in [7, 11) is 0. The molecule has 0 radical (unpaired) electrons. The summed E-state index contributed by atoms with van der Waals surface area (Å²) in [6.07, 6.45) is 4.83. The molecule has 1 atom stereocenters. The van der Waals surface area contributed by atoms with Crippen LogP contribution in [-0.2, 0) is 6.42 Å². The number of carbonyl (C=O) groups excluding carboxylic acids is 1. The van der Waals surface area contributed by atoms with Crippen LogP contribution in [0, 0.1) is 0 Å². The van der Waals surface area contributed by atoms with E-state index in [2.05, 4.69) is 17.2 Å². The van der Waals surface area contributed by atoms with Crippen molar-refractivity contribution in [3.05, 3.63) is 29.6 Å². The van der Waals surface area contributed by atoms with Gasteiger partial charge in [-0.2, -0.15) is 0 Å². The second-order valence-corrected chi connectivity index (χ2v) is 4.08. The molecule has 3 heteroatoms. The Bertz CT molecular complexity index is 332. The van der Waals surface area contributed by atoms with Crippen LogP contribution < -0.4 is 5.32 Å². The van der Waals surface area contributed by atoms with Gasteiger partial charge in [-0.05, 0) is 31.4 Å². The summed E-state index contributed by atoms with van der Waals surface area (Å²) in [5.41, 5.74) is 1.68. The molecule has 0 aliphatic carbocycles. The number of pyridine rings is 1. The molecule has 0 aliphatic heterocycles. The minimum atomic E-state index is -0.0857. The quantitative estimate of drug-likeness (QED) is 0.828. The average molecular weight is 220 g/mol. The maximum absolute atomic E-state index is 11.7. The van der Waals surface area contributed by atoms with E-state index < -0.39 is 0 Å². The van der Waals surface area contributed by atoms with Gasteiger partial charge < -0.3 is 5.32 Å². The van der Waals surface area contributed by atoms with Crippen LogP contribution in [0.4, 0.5) is 0 Å². The van der Waals surface area contributed by atoms with Crippen LogP contribution in [0.3, 0.4) is 0 Å². The number of aromatic nitrogens is 1. The number of rotatable bonds is 5. The molecule has 1 rings (SSSR count). The molecule has 0 spiro atoms. The Morgan fingerprint density at radius 1 is 1.44 bits per heavy atom. The zero-order valence-corrected chi connectivity index (χ0v) is 10.3. The molecular weight excluding hydrogens is 200 g/mol. The van der Waals surface area contributed by atoms with E-state index in [0.717, 1.165) is 19.3 Å². The molecule has 16 heavy (non-hydrogen) atoms. The molecule has 1 N–H and O–H groups in total. The Morgan fingerprint density at radius 3 is 2.69 bits per heavy atom. The van der Waals surface area contributed by atoms with Gasteiger partial charge in [-0.3, -0.25) is 9.78 Å². The first-order chi connectivity index (χ1) is 7.67. The normalized spacial score (nSPS) is 12.2. The van der Waals surface area contributed by atoms with Crippen molar-refractivity contribution in [1.29, 1.82) is 0 Å². The lowest BCUT2D eigenvalue weighted by Gasteiger charge is -2.10. The van der Waals surface area contributed by atoms with Crippen LogP contribution in [0.5, 0.6) is 0 Å². The van der Waals surface area contributed by atoms with Gasteiger partial charge in [0.05, 0.1) is 0 Å². The fourth-order valence-electron chi connectivity index (χ4n) is 1.40. The smallest absolute Gasteiger partial charge is 0.270 e. The Labute approximate surface area is 97.3 Å². The summed E-state index contributed by atoms with van der Waals surface area (Å²) in [5.74, 6) is -0.0857. The van der Waals surface area contributed by atoms with Crippen molar-refractivity contribution in [1.82, 2.24) is 10.3 Å². The van der Waals surface area contributed by atoms with Crippen molar-refractivity contribution in [2.75, 3.05) is 0 Å². The van der Waals surface area contributed by atoms with Crippen molar-refractivity contribution < 1.29 is 4.79 Å². The monoisotopic (exact) mass is 220 g/mol. The largest absolute Gasteiger partial charge is 0.348 e. The van der Waals surface area contributed by atoms with Crippen molar-refractivity contribution in [3.8, 4) is 0 Å². The van der Waals surface area contributed by atoms with E-state index in [-0.39, 0.29) is 11.9 Å². The number of hydrogen-bond acceptors (Lipinski definition) is 2. The van der Waals surface area contributed by atoms with E-state index in [1.165, 1.54) is 5.56 Å². The summed E-state index contributed by atoms with van der Waals surface area (Å²) in [4.78, 5) is 15.9. The van der Waals surface area contributed by atoms with Crippen LogP contribution in [0.1, 0.15) is 49.7 Å². The maximum atomic E-state index is 11.7. The standard InChI is InChI=1S/C13H20N2O/c1-4-6-11-7-8-12(14-9-11)13(16)15-10(3)5-2/h7-10H,4-6H2,1-3H3,(H,15,16). The lowest BCUT2D eigenvalue weighted by atomic mass is 10.1. The predicted octanol–water partition coefficient (Wildman–Crippen LogP) is 2.56. The van der Waals surface area contributed by atoms with E-state index in [0.29, 0.717) is 5.69 Å². The fraction of sp³-hybridized carbons (Fsp3) is 0.538. The van der Waals surface area contributed by atoms with E-state index in [4.69, 9.17) is 0 Å². The number of nitrogens with zero attached hydrogens (tertiary/aromatic N) is 1. The third kappa shape index (κ3) is 3.65. The molecule has 1 aromatic rings. The molecule has 1 aromatic heterocycles. The van der Waals surface area contributed by atoms with Crippen molar-refractivity contribution in [3.63, 3.8) is 0 Å². The molecular formula is C13H20N2O. The second-order valence-electron chi connectivity index (χ2n) is 4.08. The van der Waals surface area contributed by atoms with Crippen LogP contribution in [-0.4, -0.2) is 16.9 Å². The molecule has 0 saturated carbocycles. The van der Waals surface area contributed by atoms with E-state index in [1.54, 1.807) is 12.3 Å².